The Kier molecular flexibility index (Phi) is 5.88. The molecule has 1 N–H and O–H groups in total. The lowest BCUT2D eigenvalue weighted by Crippen LogP contribution is -2.41. The molecule has 1 aliphatic rings. The number of ether oxygens (including phenoxy) is 5. The van der Waals surface area contributed by atoms with Crippen LogP contribution in [-0.2, 0) is 14.3 Å². The van der Waals surface area contributed by atoms with E-state index in [1.54, 1.807) is 42.5 Å². The third kappa shape index (κ3) is 4.28. The molecule has 148 valence electrons. The van der Waals surface area contributed by atoms with Crippen molar-refractivity contribution in [2.24, 2.45) is 0 Å². The Morgan fingerprint density at radius 2 is 1.86 bits per heavy atom. The Morgan fingerprint density at radius 3 is 2.57 bits per heavy atom. The zero-order chi connectivity index (χ0) is 20.1. The summed E-state index contributed by atoms with van der Waals surface area (Å²) in [5.74, 6) is 0.809. The molecule has 1 amide bonds. The van der Waals surface area contributed by atoms with Gasteiger partial charge < -0.3 is 29.0 Å². The van der Waals surface area contributed by atoms with Crippen LogP contribution < -0.4 is 24.3 Å². The van der Waals surface area contributed by atoms with Crippen molar-refractivity contribution in [2.45, 2.75) is 19.1 Å². The Labute approximate surface area is 162 Å². The predicted molar refractivity (Wildman–Crippen MR) is 100 cm³/mol. The summed E-state index contributed by atoms with van der Waals surface area (Å²) in [5.41, 5.74) is 0.404. The van der Waals surface area contributed by atoms with Crippen molar-refractivity contribution in [2.75, 3.05) is 26.1 Å². The van der Waals surface area contributed by atoms with Crippen LogP contribution in [0.15, 0.2) is 42.5 Å². The fourth-order valence-corrected chi connectivity index (χ4v) is 2.59. The number of hydrogen-bond donors (Lipinski definition) is 1. The van der Waals surface area contributed by atoms with Crippen LogP contribution in [0.3, 0.4) is 0 Å². The van der Waals surface area contributed by atoms with E-state index in [1.807, 2.05) is 0 Å². The second kappa shape index (κ2) is 8.51. The van der Waals surface area contributed by atoms with Crippen LogP contribution in [0.2, 0.25) is 0 Å². The molecule has 0 aromatic heterocycles. The van der Waals surface area contributed by atoms with E-state index >= 15 is 0 Å². The summed E-state index contributed by atoms with van der Waals surface area (Å²) in [5, 5.41) is 2.67. The van der Waals surface area contributed by atoms with Crippen LogP contribution >= 0.6 is 0 Å². The number of fused-ring (bicyclic) bond motifs is 1. The van der Waals surface area contributed by atoms with E-state index in [-0.39, 0.29) is 6.61 Å². The lowest BCUT2D eigenvalue weighted by Gasteiger charge is -2.26. The van der Waals surface area contributed by atoms with Crippen molar-refractivity contribution in [3.05, 3.63) is 42.5 Å². The molecule has 2 aromatic rings. The van der Waals surface area contributed by atoms with E-state index in [4.69, 9.17) is 23.7 Å². The topological polar surface area (TPSA) is 92.3 Å². The maximum atomic E-state index is 12.4. The lowest BCUT2D eigenvalue weighted by molar-refractivity contribution is -0.162. The van der Waals surface area contributed by atoms with Gasteiger partial charge in [0.25, 0.3) is 5.91 Å². The molecule has 2 unspecified atom stereocenters. The zero-order valence-corrected chi connectivity index (χ0v) is 15.8. The minimum absolute atomic E-state index is 0.00783. The number of anilines is 1. The molecular weight excluding hydrogens is 366 g/mol. The number of methoxy groups -OCH3 is 2. The minimum Gasteiger partial charge on any atom is -0.497 e. The molecule has 0 radical (unpaired) electrons. The number of benzene rings is 2. The van der Waals surface area contributed by atoms with E-state index in [1.165, 1.54) is 21.1 Å². The standard InChI is InChI=1S/C20H21NO7/c1-12(19(22)21-14-10-13(24-2)8-9-15(14)25-3)27-20(23)18-11-26-16-6-4-5-7-17(16)28-18/h4-10,12,18H,11H2,1-3H3,(H,21,22). The monoisotopic (exact) mass is 387 g/mol. The highest BCUT2D eigenvalue weighted by Gasteiger charge is 2.31. The first-order valence-electron chi connectivity index (χ1n) is 8.63. The van der Waals surface area contributed by atoms with Gasteiger partial charge in [-0.15, -0.1) is 0 Å². The maximum Gasteiger partial charge on any atom is 0.351 e. The van der Waals surface area contributed by atoms with Crippen LogP contribution in [0.4, 0.5) is 5.69 Å². The summed E-state index contributed by atoms with van der Waals surface area (Å²) in [6.45, 7) is 1.48. The van der Waals surface area contributed by atoms with Gasteiger partial charge in [-0.1, -0.05) is 12.1 Å². The van der Waals surface area contributed by atoms with Crippen LogP contribution in [-0.4, -0.2) is 44.9 Å². The summed E-state index contributed by atoms with van der Waals surface area (Å²) in [4.78, 5) is 24.8. The Balaban J connectivity index is 1.61. The lowest BCUT2D eigenvalue weighted by atomic mass is 10.2. The molecule has 28 heavy (non-hydrogen) atoms. The number of carbonyl (C=O) groups excluding carboxylic acids is 2. The van der Waals surface area contributed by atoms with Crippen molar-refractivity contribution in [1.82, 2.24) is 0 Å². The first-order valence-corrected chi connectivity index (χ1v) is 8.63. The molecule has 1 aliphatic heterocycles. The number of hydrogen-bond acceptors (Lipinski definition) is 7. The Morgan fingerprint density at radius 1 is 1.11 bits per heavy atom. The molecular formula is C20H21NO7. The minimum atomic E-state index is -1.05. The van der Waals surface area contributed by atoms with Gasteiger partial charge in [0, 0.05) is 6.07 Å². The molecule has 8 heteroatoms. The summed E-state index contributed by atoms with van der Waals surface area (Å²) in [7, 11) is 3.00. The second-order valence-electron chi connectivity index (χ2n) is 6.00. The summed E-state index contributed by atoms with van der Waals surface area (Å²) in [6.07, 6.45) is -2.00. The molecule has 1 heterocycles. The van der Waals surface area contributed by atoms with Gasteiger partial charge in [-0.2, -0.15) is 0 Å². The molecule has 0 bridgehead atoms. The number of carbonyl (C=O) groups is 2. The van der Waals surface area contributed by atoms with Crippen molar-refractivity contribution < 1.29 is 33.3 Å². The quantitative estimate of drug-likeness (QED) is 0.761. The van der Waals surface area contributed by atoms with Crippen molar-refractivity contribution >= 4 is 17.6 Å². The van der Waals surface area contributed by atoms with E-state index in [0.717, 1.165) is 0 Å². The van der Waals surface area contributed by atoms with Gasteiger partial charge in [-0.3, -0.25) is 4.79 Å². The molecule has 0 saturated carbocycles. The van der Waals surface area contributed by atoms with Crippen LogP contribution in [0.25, 0.3) is 0 Å². The van der Waals surface area contributed by atoms with Gasteiger partial charge in [0.2, 0.25) is 6.10 Å². The van der Waals surface area contributed by atoms with E-state index < -0.39 is 24.1 Å². The van der Waals surface area contributed by atoms with E-state index in [2.05, 4.69) is 5.32 Å². The molecule has 8 nitrogen and oxygen atoms in total. The summed E-state index contributed by atoms with van der Waals surface area (Å²) in [6, 6.07) is 12.0. The van der Waals surface area contributed by atoms with Crippen LogP contribution in [0.5, 0.6) is 23.0 Å². The Hall–Kier alpha value is -3.42. The van der Waals surface area contributed by atoms with Crippen LogP contribution in [0, 0.1) is 0 Å². The van der Waals surface area contributed by atoms with Gasteiger partial charge in [0.15, 0.2) is 17.6 Å². The number of rotatable bonds is 6. The molecule has 0 aliphatic carbocycles. The highest BCUT2D eigenvalue weighted by molar-refractivity contribution is 5.96. The predicted octanol–water partition coefficient (Wildman–Crippen LogP) is 2.41. The first kappa shape index (κ1) is 19.3. The van der Waals surface area contributed by atoms with E-state index in [0.29, 0.717) is 28.7 Å². The smallest absolute Gasteiger partial charge is 0.351 e. The largest absolute Gasteiger partial charge is 0.497 e. The van der Waals surface area contributed by atoms with E-state index in [9.17, 15) is 9.59 Å². The van der Waals surface area contributed by atoms with Gasteiger partial charge >= 0.3 is 5.97 Å². The van der Waals surface area contributed by atoms with Crippen molar-refractivity contribution in [3.63, 3.8) is 0 Å². The molecule has 0 fully saturated rings. The average molecular weight is 387 g/mol. The fraction of sp³-hybridized carbons (Fsp3) is 0.300. The first-order chi connectivity index (χ1) is 13.5. The van der Waals surface area contributed by atoms with Crippen molar-refractivity contribution in [3.8, 4) is 23.0 Å². The molecule has 2 atom stereocenters. The SMILES string of the molecule is COc1ccc(OC)c(NC(=O)C(C)OC(=O)C2COc3ccccc3O2)c1. The third-order valence-corrected chi connectivity index (χ3v) is 4.10. The highest BCUT2D eigenvalue weighted by atomic mass is 16.6. The van der Waals surface area contributed by atoms with Crippen LogP contribution in [0.1, 0.15) is 6.92 Å². The summed E-state index contributed by atoms with van der Waals surface area (Å²) >= 11 is 0. The second-order valence-corrected chi connectivity index (χ2v) is 6.00. The fourth-order valence-electron chi connectivity index (χ4n) is 2.59. The molecule has 2 aromatic carbocycles. The highest BCUT2D eigenvalue weighted by Crippen LogP contribution is 2.31. The summed E-state index contributed by atoms with van der Waals surface area (Å²) < 4.78 is 26.7. The maximum absolute atomic E-state index is 12.4. The van der Waals surface area contributed by atoms with Crippen molar-refractivity contribution in [1.29, 1.82) is 0 Å². The number of nitrogens with one attached hydrogen (secondary N) is 1. The average Bonchev–Trinajstić information content (AvgIpc) is 2.73. The van der Waals surface area contributed by atoms with Gasteiger partial charge in [0.05, 0.1) is 19.9 Å². The molecule has 3 rings (SSSR count). The third-order valence-electron chi connectivity index (χ3n) is 4.10. The molecule has 0 spiro atoms. The normalized spacial score (nSPS) is 15.9. The van der Waals surface area contributed by atoms with Gasteiger partial charge in [-0.25, -0.2) is 4.79 Å². The number of esters is 1. The van der Waals surface area contributed by atoms with Gasteiger partial charge in [-0.05, 0) is 31.2 Å². The number of para-hydroxylation sites is 2. The number of amides is 1. The Bertz CT molecular complexity index is 867. The molecule has 0 saturated heterocycles. The zero-order valence-electron chi connectivity index (χ0n) is 15.8. The van der Waals surface area contributed by atoms with Gasteiger partial charge in [0.1, 0.15) is 18.1 Å².